The first-order valence-corrected chi connectivity index (χ1v) is 9.38. The van der Waals surface area contributed by atoms with Crippen molar-refractivity contribution in [3.05, 3.63) is 65.7 Å². The third-order valence-corrected chi connectivity index (χ3v) is 4.90. The normalized spacial score (nSPS) is 13.9. The molecule has 0 aliphatic carbocycles. The fourth-order valence-corrected chi connectivity index (χ4v) is 3.24. The molecule has 28 heavy (non-hydrogen) atoms. The Balaban J connectivity index is 1.48. The van der Waals surface area contributed by atoms with Crippen molar-refractivity contribution in [3.63, 3.8) is 0 Å². The molecule has 2 amide bonds. The predicted octanol–water partition coefficient (Wildman–Crippen LogP) is 2.64. The van der Waals surface area contributed by atoms with Gasteiger partial charge in [0.1, 0.15) is 5.75 Å². The molecule has 6 heteroatoms. The summed E-state index contributed by atoms with van der Waals surface area (Å²) in [6.45, 7) is 1.92. The molecule has 0 unspecified atom stereocenters. The number of carbonyl (C=O) groups is 3. The van der Waals surface area contributed by atoms with Crippen LogP contribution in [0.2, 0.25) is 0 Å². The lowest BCUT2D eigenvalue weighted by Gasteiger charge is -2.35. The van der Waals surface area contributed by atoms with E-state index in [0.717, 1.165) is 0 Å². The number of piperazine rings is 1. The van der Waals surface area contributed by atoms with Crippen molar-refractivity contribution in [2.45, 2.75) is 12.8 Å². The summed E-state index contributed by atoms with van der Waals surface area (Å²) in [5.74, 6) is 0.506. The Morgan fingerprint density at radius 2 is 1.46 bits per heavy atom. The molecule has 0 N–H and O–H groups in total. The third kappa shape index (κ3) is 4.76. The number of ketones is 1. The van der Waals surface area contributed by atoms with Crippen molar-refractivity contribution < 1.29 is 19.1 Å². The number of benzene rings is 2. The van der Waals surface area contributed by atoms with E-state index < -0.39 is 0 Å². The van der Waals surface area contributed by atoms with Crippen molar-refractivity contribution in [1.82, 2.24) is 9.80 Å². The highest BCUT2D eigenvalue weighted by atomic mass is 16.5. The predicted molar refractivity (Wildman–Crippen MR) is 105 cm³/mol. The van der Waals surface area contributed by atoms with E-state index >= 15 is 0 Å². The topological polar surface area (TPSA) is 66.9 Å². The first-order valence-electron chi connectivity index (χ1n) is 9.38. The van der Waals surface area contributed by atoms with Crippen LogP contribution in [0, 0.1) is 0 Å². The average molecular weight is 380 g/mol. The smallest absolute Gasteiger partial charge is 0.254 e. The molecule has 0 aromatic heterocycles. The highest BCUT2D eigenvalue weighted by Crippen LogP contribution is 2.16. The molecule has 1 aliphatic rings. The van der Waals surface area contributed by atoms with Crippen molar-refractivity contribution in [2.24, 2.45) is 0 Å². The number of carbonyl (C=O) groups excluding carboxylic acids is 3. The molecule has 6 nitrogen and oxygen atoms in total. The van der Waals surface area contributed by atoms with Gasteiger partial charge in [-0.1, -0.05) is 36.4 Å². The summed E-state index contributed by atoms with van der Waals surface area (Å²) in [4.78, 5) is 40.7. The summed E-state index contributed by atoms with van der Waals surface area (Å²) in [6, 6.07) is 16.1. The Morgan fingerprint density at radius 1 is 0.821 bits per heavy atom. The van der Waals surface area contributed by atoms with Crippen LogP contribution in [0.4, 0.5) is 0 Å². The Morgan fingerprint density at radius 3 is 2.14 bits per heavy atom. The molecule has 2 aromatic rings. The second-order valence-electron chi connectivity index (χ2n) is 6.69. The Labute approximate surface area is 164 Å². The van der Waals surface area contributed by atoms with Crippen LogP contribution in [-0.2, 0) is 4.79 Å². The fourth-order valence-electron chi connectivity index (χ4n) is 3.24. The van der Waals surface area contributed by atoms with Gasteiger partial charge in [-0.05, 0) is 18.2 Å². The zero-order chi connectivity index (χ0) is 19.9. The lowest BCUT2D eigenvalue weighted by atomic mass is 10.1. The van der Waals surface area contributed by atoms with Crippen LogP contribution in [-0.4, -0.2) is 60.7 Å². The maximum Gasteiger partial charge on any atom is 0.254 e. The van der Waals surface area contributed by atoms with Gasteiger partial charge in [0.2, 0.25) is 5.91 Å². The maximum atomic E-state index is 12.6. The highest BCUT2D eigenvalue weighted by molar-refractivity contribution is 5.98. The molecule has 0 radical (unpaired) electrons. The second kappa shape index (κ2) is 9.17. The van der Waals surface area contributed by atoms with E-state index in [1.807, 2.05) is 18.2 Å². The number of rotatable bonds is 6. The van der Waals surface area contributed by atoms with Gasteiger partial charge < -0.3 is 14.5 Å². The van der Waals surface area contributed by atoms with Crippen LogP contribution in [0.15, 0.2) is 54.6 Å². The Kier molecular flexibility index (Phi) is 6.42. The Hall–Kier alpha value is -3.15. The van der Waals surface area contributed by atoms with E-state index in [0.29, 0.717) is 43.1 Å². The van der Waals surface area contributed by atoms with Crippen LogP contribution in [0.3, 0.4) is 0 Å². The SMILES string of the molecule is COc1cccc(C(=O)N2CCN(C(=O)CCC(=O)c3ccccc3)CC2)c1. The highest BCUT2D eigenvalue weighted by Gasteiger charge is 2.25. The largest absolute Gasteiger partial charge is 0.497 e. The van der Waals surface area contributed by atoms with Crippen molar-refractivity contribution in [3.8, 4) is 5.75 Å². The van der Waals surface area contributed by atoms with E-state index in [1.165, 1.54) is 0 Å². The molecule has 1 saturated heterocycles. The number of amides is 2. The minimum Gasteiger partial charge on any atom is -0.497 e. The quantitative estimate of drug-likeness (QED) is 0.723. The first kappa shape index (κ1) is 19.6. The van der Waals surface area contributed by atoms with Gasteiger partial charge >= 0.3 is 0 Å². The summed E-state index contributed by atoms with van der Waals surface area (Å²) < 4.78 is 5.17. The summed E-state index contributed by atoms with van der Waals surface area (Å²) in [6.07, 6.45) is 0.392. The molecule has 0 saturated carbocycles. The third-order valence-electron chi connectivity index (χ3n) is 4.90. The standard InChI is InChI=1S/C22H24N2O4/c1-28-19-9-5-8-18(16-19)22(27)24-14-12-23(13-15-24)21(26)11-10-20(25)17-6-3-2-4-7-17/h2-9,16H,10-15H2,1H3. The second-order valence-corrected chi connectivity index (χ2v) is 6.69. The van der Waals surface area contributed by atoms with Gasteiger partial charge in [-0.2, -0.15) is 0 Å². The fraction of sp³-hybridized carbons (Fsp3) is 0.318. The lowest BCUT2D eigenvalue weighted by Crippen LogP contribution is -2.50. The number of hydrogen-bond donors (Lipinski definition) is 0. The minimum absolute atomic E-state index is 0.0270. The van der Waals surface area contributed by atoms with Crippen LogP contribution in [0.25, 0.3) is 0 Å². The van der Waals surface area contributed by atoms with Crippen molar-refractivity contribution in [1.29, 1.82) is 0 Å². The summed E-state index contributed by atoms with van der Waals surface area (Å²) in [5, 5.41) is 0. The molecule has 1 heterocycles. The van der Waals surface area contributed by atoms with Gasteiger partial charge in [0, 0.05) is 50.1 Å². The molecule has 0 atom stereocenters. The van der Waals surface area contributed by atoms with Gasteiger partial charge in [0.25, 0.3) is 5.91 Å². The van der Waals surface area contributed by atoms with Gasteiger partial charge in [0.15, 0.2) is 5.78 Å². The monoisotopic (exact) mass is 380 g/mol. The van der Waals surface area contributed by atoms with Gasteiger partial charge in [0.05, 0.1) is 7.11 Å². The van der Waals surface area contributed by atoms with Gasteiger partial charge in [-0.3, -0.25) is 14.4 Å². The van der Waals surface area contributed by atoms with E-state index in [2.05, 4.69) is 0 Å². The zero-order valence-corrected chi connectivity index (χ0v) is 16.0. The summed E-state index contributed by atoms with van der Waals surface area (Å²) in [5.41, 5.74) is 1.21. The van der Waals surface area contributed by atoms with E-state index in [4.69, 9.17) is 4.74 Å². The van der Waals surface area contributed by atoms with Crippen LogP contribution >= 0.6 is 0 Å². The molecule has 146 valence electrons. The number of hydrogen-bond acceptors (Lipinski definition) is 4. The lowest BCUT2D eigenvalue weighted by molar-refractivity contribution is -0.132. The first-order chi connectivity index (χ1) is 13.6. The molecule has 1 fully saturated rings. The van der Waals surface area contributed by atoms with Crippen molar-refractivity contribution >= 4 is 17.6 Å². The van der Waals surface area contributed by atoms with Crippen molar-refractivity contribution in [2.75, 3.05) is 33.3 Å². The molecule has 1 aliphatic heterocycles. The molecular formula is C22H24N2O4. The van der Waals surface area contributed by atoms with E-state index in [9.17, 15) is 14.4 Å². The number of Topliss-reactive ketones (excluding diaryl/α,β-unsaturated/α-hetero) is 1. The number of methoxy groups -OCH3 is 1. The maximum absolute atomic E-state index is 12.6. The average Bonchev–Trinajstić information content (AvgIpc) is 2.77. The van der Waals surface area contributed by atoms with E-state index in [-0.39, 0.29) is 30.4 Å². The van der Waals surface area contributed by atoms with Gasteiger partial charge in [-0.25, -0.2) is 0 Å². The van der Waals surface area contributed by atoms with Crippen LogP contribution in [0.5, 0.6) is 5.75 Å². The molecular weight excluding hydrogens is 356 g/mol. The summed E-state index contributed by atoms with van der Waals surface area (Å²) >= 11 is 0. The molecule has 0 bridgehead atoms. The number of nitrogens with zero attached hydrogens (tertiary/aromatic N) is 2. The van der Waals surface area contributed by atoms with Crippen LogP contribution < -0.4 is 4.74 Å². The molecule has 3 rings (SSSR count). The Bertz CT molecular complexity index is 843. The zero-order valence-electron chi connectivity index (χ0n) is 16.0. The van der Waals surface area contributed by atoms with Gasteiger partial charge in [-0.15, -0.1) is 0 Å². The molecule has 0 spiro atoms. The molecule has 2 aromatic carbocycles. The summed E-state index contributed by atoms with van der Waals surface area (Å²) in [7, 11) is 1.57. The number of ether oxygens (including phenoxy) is 1. The van der Waals surface area contributed by atoms with E-state index in [1.54, 1.807) is 53.3 Å². The van der Waals surface area contributed by atoms with Crippen LogP contribution in [0.1, 0.15) is 33.6 Å². The minimum atomic E-state index is -0.0646.